The van der Waals surface area contributed by atoms with Crippen LogP contribution in [0.3, 0.4) is 0 Å². The van der Waals surface area contributed by atoms with E-state index in [1.165, 1.54) is 13.3 Å². The molecule has 8 nitrogen and oxygen atoms in total. The minimum absolute atomic E-state index is 0.0219. The number of phenolic OH excluding ortho intramolecular Hbond substituents is 1. The standard InChI is InChI=1S/C9H10N6O2/c1-17-7-4-2-3-6(8(7)16)5-10-11-9-12-14-15-13-9/h2-5,16H,1H3,(H2,11,12,13,14,15). The van der Waals surface area contributed by atoms with Gasteiger partial charge in [-0.1, -0.05) is 11.2 Å². The third-order valence-corrected chi connectivity index (χ3v) is 1.96. The molecule has 0 spiro atoms. The Morgan fingerprint density at radius 3 is 3.12 bits per heavy atom. The van der Waals surface area contributed by atoms with Crippen LogP contribution in [0.2, 0.25) is 0 Å². The van der Waals surface area contributed by atoms with Gasteiger partial charge in [-0.15, -0.1) is 5.10 Å². The molecule has 8 heteroatoms. The maximum atomic E-state index is 9.75. The number of H-pyrrole nitrogens is 1. The summed E-state index contributed by atoms with van der Waals surface area (Å²) in [7, 11) is 1.48. The number of benzene rings is 1. The maximum absolute atomic E-state index is 9.75. The number of ether oxygens (including phenoxy) is 1. The number of aromatic nitrogens is 4. The summed E-state index contributed by atoms with van der Waals surface area (Å²) in [6.45, 7) is 0. The summed E-state index contributed by atoms with van der Waals surface area (Å²) in [5.41, 5.74) is 3.05. The summed E-state index contributed by atoms with van der Waals surface area (Å²) in [5, 5.41) is 26.5. The highest BCUT2D eigenvalue weighted by Gasteiger charge is 2.04. The van der Waals surface area contributed by atoms with Gasteiger partial charge >= 0.3 is 0 Å². The van der Waals surface area contributed by atoms with Gasteiger partial charge in [-0.25, -0.2) is 5.43 Å². The number of phenols is 1. The first kappa shape index (κ1) is 10.9. The van der Waals surface area contributed by atoms with E-state index >= 15 is 0 Å². The molecular formula is C9H10N6O2. The number of methoxy groups -OCH3 is 1. The second kappa shape index (κ2) is 4.92. The Hall–Kier alpha value is -2.64. The van der Waals surface area contributed by atoms with Gasteiger partial charge in [-0.3, -0.25) is 0 Å². The fraction of sp³-hybridized carbons (Fsp3) is 0.111. The van der Waals surface area contributed by atoms with Crippen molar-refractivity contribution >= 4 is 12.2 Å². The van der Waals surface area contributed by atoms with Crippen molar-refractivity contribution in [3.8, 4) is 11.5 Å². The predicted molar refractivity (Wildman–Crippen MR) is 60.1 cm³/mol. The molecule has 0 saturated heterocycles. The Morgan fingerprint density at radius 2 is 2.41 bits per heavy atom. The average Bonchev–Trinajstić information content (AvgIpc) is 2.84. The van der Waals surface area contributed by atoms with E-state index in [0.717, 1.165) is 0 Å². The first-order valence-electron chi connectivity index (χ1n) is 4.69. The lowest BCUT2D eigenvalue weighted by atomic mass is 10.2. The SMILES string of the molecule is COc1cccc(C=NNc2nn[nH]n2)c1O. The molecule has 0 aliphatic rings. The van der Waals surface area contributed by atoms with Crippen molar-refractivity contribution in [3.63, 3.8) is 0 Å². The summed E-state index contributed by atoms with van der Waals surface area (Å²) in [6, 6.07) is 5.09. The highest BCUT2D eigenvalue weighted by molar-refractivity contribution is 5.85. The van der Waals surface area contributed by atoms with E-state index in [4.69, 9.17) is 4.74 Å². The van der Waals surface area contributed by atoms with Crippen LogP contribution in [0, 0.1) is 0 Å². The fourth-order valence-electron chi connectivity index (χ4n) is 1.18. The van der Waals surface area contributed by atoms with Crippen LogP contribution in [-0.4, -0.2) is 39.1 Å². The largest absolute Gasteiger partial charge is 0.504 e. The molecule has 0 bridgehead atoms. The molecule has 0 saturated carbocycles. The molecule has 17 heavy (non-hydrogen) atoms. The Bertz CT molecular complexity index is 510. The molecule has 0 amide bonds. The van der Waals surface area contributed by atoms with Crippen molar-refractivity contribution in [2.45, 2.75) is 0 Å². The van der Waals surface area contributed by atoms with E-state index < -0.39 is 0 Å². The molecule has 2 aromatic rings. The molecule has 88 valence electrons. The van der Waals surface area contributed by atoms with Gasteiger partial charge in [-0.2, -0.15) is 10.3 Å². The molecule has 0 radical (unpaired) electrons. The van der Waals surface area contributed by atoms with Gasteiger partial charge in [0.15, 0.2) is 11.5 Å². The molecule has 2 rings (SSSR count). The number of aromatic hydroxyl groups is 1. The predicted octanol–water partition coefficient (Wildman–Crippen LogP) is 0.360. The number of aromatic amines is 1. The van der Waals surface area contributed by atoms with Crippen LogP contribution in [0.1, 0.15) is 5.56 Å². The second-order valence-corrected chi connectivity index (χ2v) is 3.00. The van der Waals surface area contributed by atoms with E-state index in [1.807, 2.05) is 0 Å². The van der Waals surface area contributed by atoms with Gasteiger partial charge in [-0.05, 0) is 17.3 Å². The molecule has 1 aromatic carbocycles. The third-order valence-electron chi connectivity index (χ3n) is 1.96. The average molecular weight is 234 g/mol. The zero-order valence-electron chi connectivity index (χ0n) is 8.95. The maximum Gasteiger partial charge on any atom is 0.283 e. The minimum Gasteiger partial charge on any atom is -0.504 e. The molecular weight excluding hydrogens is 224 g/mol. The van der Waals surface area contributed by atoms with Gasteiger partial charge < -0.3 is 9.84 Å². The fourth-order valence-corrected chi connectivity index (χ4v) is 1.18. The second-order valence-electron chi connectivity index (χ2n) is 3.00. The van der Waals surface area contributed by atoms with E-state index in [0.29, 0.717) is 11.3 Å². The molecule has 1 aromatic heterocycles. The molecule has 0 aliphatic carbocycles. The van der Waals surface area contributed by atoms with Crippen molar-refractivity contribution in [2.24, 2.45) is 5.10 Å². The summed E-state index contributed by atoms with van der Waals surface area (Å²) in [5.74, 6) is 0.644. The molecule has 0 aliphatic heterocycles. The molecule has 3 N–H and O–H groups in total. The Labute approximate surface area is 96.3 Å². The van der Waals surface area contributed by atoms with Crippen molar-refractivity contribution < 1.29 is 9.84 Å². The molecule has 0 unspecified atom stereocenters. The molecule has 1 heterocycles. The first-order chi connectivity index (χ1) is 8.31. The van der Waals surface area contributed by atoms with Gasteiger partial charge in [0.05, 0.1) is 13.3 Å². The van der Waals surface area contributed by atoms with E-state index in [9.17, 15) is 5.11 Å². The number of anilines is 1. The van der Waals surface area contributed by atoms with Gasteiger partial charge in [0.2, 0.25) is 0 Å². The van der Waals surface area contributed by atoms with Crippen LogP contribution in [-0.2, 0) is 0 Å². The first-order valence-corrected chi connectivity index (χ1v) is 4.69. The van der Waals surface area contributed by atoms with E-state index in [-0.39, 0.29) is 11.7 Å². The van der Waals surface area contributed by atoms with E-state index in [1.54, 1.807) is 18.2 Å². The monoisotopic (exact) mass is 234 g/mol. The number of hydrogen-bond acceptors (Lipinski definition) is 7. The zero-order chi connectivity index (χ0) is 12.1. The highest BCUT2D eigenvalue weighted by Crippen LogP contribution is 2.27. The lowest BCUT2D eigenvalue weighted by molar-refractivity contribution is 0.373. The number of nitrogens with zero attached hydrogens (tertiary/aromatic N) is 4. The number of hydrogen-bond donors (Lipinski definition) is 3. The van der Waals surface area contributed by atoms with Crippen molar-refractivity contribution in [3.05, 3.63) is 23.8 Å². The smallest absolute Gasteiger partial charge is 0.283 e. The summed E-state index contributed by atoms with van der Waals surface area (Å²) in [6.07, 6.45) is 1.42. The van der Waals surface area contributed by atoms with Crippen LogP contribution < -0.4 is 10.2 Å². The van der Waals surface area contributed by atoms with Crippen molar-refractivity contribution in [2.75, 3.05) is 12.5 Å². The Morgan fingerprint density at radius 1 is 1.53 bits per heavy atom. The zero-order valence-corrected chi connectivity index (χ0v) is 8.95. The topological polar surface area (TPSA) is 108 Å². The highest BCUT2D eigenvalue weighted by atomic mass is 16.5. The van der Waals surface area contributed by atoms with Crippen LogP contribution in [0.4, 0.5) is 5.95 Å². The van der Waals surface area contributed by atoms with Crippen molar-refractivity contribution in [1.29, 1.82) is 0 Å². The van der Waals surface area contributed by atoms with Gasteiger partial charge in [0, 0.05) is 5.56 Å². The quantitative estimate of drug-likeness (QED) is 0.520. The Kier molecular flexibility index (Phi) is 3.15. The molecule has 0 atom stereocenters. The van der Waals surface area contributed by atoms with E-state index in [2.05, 4.69) is 31.2 Å². The Balaban J connectivity index is 2.10. The summed E-state index contributed by atoms with van der Waals surface area (Å²) < 4.78 is 4.97. The normalized spacial score (nSPS) is 10.6. The number of nitrogens with one attached hydrogen (secondary N) is 2. The number of para-hydroxylation sites is 1. The van der Waals surface area contributed by atoms with Crippen LogP contribution in [0.15, 0.2) is 23.3 Å². The van der Waals surface area contributed by atoms with Gasteiger partial charge in [0.1, 0.15) is 0 Å². The summed E-state index contributed by atoms with van der Waals surface area (Å²) in [4.78, 5) is 0. The summed E-state index contributed by atoms with van der Waals surface area (Å²) >= 11 is 0. The van der Waals surface area contributed by atoms with Crippen LogP contribution >= 0.6 is 0 Å². The van der Waals surface area contributed by atoms with Crippen molar-refractivity contribution in [1.82, 2.24) is 20.6 Å². The number of hydrazone groups is 1. The van der Waals surface area contributed by atoms with Crippen LogP contribution in [0.25, 0.3) is 0 Å². The lowest BCUT2D eigenvalue weighted by Gasteiger charge is -2.04. The lowest BCUT2D eigenvalue weighted by Crippen LogP contribution is -1.94. The minimum atomic E-state index is 0.0219. The molecule has 0 fully saturated rings. The number of rotatable bonds is 4. The number of tetrazole rings is 1. The third kappa shape index (κ3) is 2.48. The van der Waals surface area contributed by atoms with Crippen LogP contribution in [0.5, 0.6) is 11.5 Å². The van der Waals surface area contributed by atoms with Gasteiger partial charge in [0.25, 0.3) is 5.95 Å².